The number of aromatic hydroxyl groups is 2. The van der Waals surface area contributed by atoms with Gasteiger partial charge in [-0.2, -0.15) is 0 Å². The molecule has 13 heavy (non-hydrogen) atoms. The number of rotatable bonds is 2. The molecule has 0 saturated heterocycles. The van der Waals surface area contributed by atoms with E-state index in [-0.39, 0.29) is 17.2 Å². The molecule has 0 aliphatic heterocycles. The minimum atomic E-state index is -0.856. The molecule has 0 amide bonds. The average molecular weight is 184 g/mol. The first kappa shape index (κ1) is 9.34. The third-order valence-corrected chi connectivity index (χ3v) is 1.24. The number of hydrogen-bond donors (Lipinski definition) is 3. The first-order valence-electron chi connectivity index (χ1n) is 3.46. The van der Waals surface area contributed by atoms with Crippen molar-refractivity contribution in [3.05, 3.63) is 18.2 Å². The van der Waals surface area contributed by atoms with Crippen LogP contribution in [0, 0.1) is 0 Å². The molecule has 0 saturated carbocycles. The fourth-order valence-electron chi connectivity index (χ4n) is 0.791. The monoisotopic (exact) mass is 184 g/mol. The lowest BCUT2D eigenvalue weighted by molar-refractivity contribution is -0.137. The molecule has 0 atom stereocenters. The molecule has 5 nitrogen and oxygen atoms in total. The Balaban J connectivity index is 2.83. The van der Waals surface area contributed by atoms with Crippen molar-refractivity contribution in [1.82, 2.24) is 0 Å². The molecule has 0 unspecified atom stereocenters. The van der Waals surface area contributed by atoms with E-state index in [9.17, 15) is 4.79 Å². The molecule has 0 radical (unpaired) electrons. The first-order chi connectivity index (χ1) is 6.11. The SMILES string of the molecule is O=C(CO)Oc1cc(O)cc(O)c1. The van der Waals surface area contributed by atoms with E-state index in [0.29, 0.717) is 0 Å². The number of phenolic OH excluding ortho intramolecular Hbond substituents is 2. The molecule has 1 aromatic rings. The van der Waals surface area contributed by atoms with Gasteiger partial charge in [0.15, 0.2) is 0 Å². The number of benzene rings is 1. The molecule has 0 aliphatic carbocycles. The summed E-state index contributed by atoms with van der Waals surface area (Å²) in [5, 5.41) is 26.3. The molecule has 0 spiro atoms. The van der Waals surface area contributed by atoms with Crippen LogP contribution in [0.15, 0.2) is 18.2 Å². The number of aliphatic hydroxyl groups is 1. The van der Waals surface area contributed by atoms with Crippen molar-refractivity contribution in [3.8, 4) is 17.2 Å². The molecular weight excluding hydrogens is 176 g/mol. The summed E-state index contributed by atoms with van der Waals surface area (Å²) in [5.41, 5.74) is 0. The zero-order valence-electron chi connectivity index (χ0n) is 6.60. The van der Waals surface area contributed by atoms with Gasteiger partial charge in [0.25, 0.3) is 0 Å². The minimum Gasteiger partial charge on any atom is -0.508 e. The maximum absolute atomic E-state index is 10.6. The van der Waals surface area contributed by atoms with Crippen LogP contribution < -0.4 is 4.74 Å². The number of hydrogen-bond acceptors (Lipinski definition) is 5. The Morgan fingerprint density at radius 3 is 2.23 bits per heavy atom. The fraction of sp³-hybridized carbons (Fsp3) is 0.125. The summed E-state index contributed by atoms with van der Waals surface area (Å²) >= 11 is 0. The Labute approximate surface area is 73.8 Å². The molecular formula is C8H8O5. The standard InChI is InChI=1S/C8H8O5/c9-4-8(12)13-7-2-5(10)1-6(11)3-7/h1-3,9-11H,4H2. The van der Waals surface area contributed by atoms with Gasteiger partial charge < -0.3 is 20.1 Å². The van der Waals surface area contributed by atoms with Crippen LogP contribution in [0.25, 0.3) is 0 Å². The Morgan fingerprint density at radius 1 is 1.23 bits per heavy atom. The predicted molar refractivity (Wildman–Crippen MR) is 42.5 cm³/mol. The quantitative estimate of drug-likeness (QED) is 0.444. The number of carbonyl (C=O) groups is 1. The van der Waals surface area contributed by atoms with Gasteiger partial charge in [-0.25, -0.2) is 4.79 Å². The Kier molecular flexibility index (Phi) is 2.71. The van der Waals surface area contributed by atoms with Gasteiger partial charge in [0.2, 0.25) is 0 Å². The Hall–Kier alpha value is -1.75. The lowest BCUT2D eigenvalue weighted by Crippen LogP contribution is -2.11. The van der Waals surface area contributed by atoms with Gasteiger partial charge in [0, 0.05) is 18.2 Å². The highest BCUT2D eigenvalue weighted by molar-refractivity contribution is 5.73. The number of esters is 1. The largest absolute Gasteiger partial charge is 0.508 e. The molecule has 0 aliphatic rings. The maximum atomic E-state index is 10.6. The van der Waals surface area contributed by atoms with Gasteiger partial charge in [0.05, 0.1) is 0 Å². The van der Waals surface area contributed by atoms with Crippen molar-refractivity contribution in [1.29, 1.82) is 0 Å². The second-order valence-electron chi connectivity index (χ2n) is 2.32. The zero-order chi connectivity index (χ0) is 9.84. The third kappa shape index (κ3) is 2.64. The van der Waals surface area contributed by atoms with Crippen molar-refractivity contribution in [3.63, 3.8) is 0 Å². The van der Waals surface area contributed by atoms with Crippen LogP contribution in [0.2, 0.25) is 0 Å². The average Bonchev–Trinajstić information content (AvgIpc) is 2.02. The van der Waals surface area contributed by atoms with Gasteiger partial charge in [-0.05, 0) is 0 Å². The van der Waals surface area contributed by atoms with Gasteiger partial charge in [0.1, 0.15) is 23.9 Å². The normalized spacial score (nSPS) is 9.62. The summed E-state index contributed by atoms with van der Waals surface area (Å²) in [4.78, 5) is 10.6. The van der Waals surface area contributed by atoms with Gasteiger partial charge in [-0.1, -0.05) is 0 Å². The van der Waals surface area contributed by atoms with E-state index in [0.717, 1.165) is 18.2 Å². The fourth-order valence-corrected chi connectivity index (χ4v) is 0.791. The van der Waals surface area contributed by atoms with Crippen molar-refractivity contribution in [2.45, 2.75) is 0 Å². The van der Waals surface area contributed by atoms with Gasteiger partial charge in [-0.3, -0.25) is 0 Å². The molecule has 0 bridgehead atoms. The molecule has 1 rings (SSSR count). The summed E-state index contributed by atoms with van der Waals surface area (Å²) in [6, 6.07) is 3.39. The highest BCUT2D eigenvalue weighted by Gasteiger charge is 2.04. The Bertz CT molecular complexity index is 300. The van der Waals surface area contributed by atoms with Crippen LogP contribution in [-0.2, 0) is 4.79 Å². The number of aliphatic hydroxyl groups excluding tert-OH is 1. The van der Waals surface area contributed by atoms with Crippen molar-refractivity contribution in [2.24, 2.45) is 0 Å². The predicted octanol–water partition coefficient (Wildman–Crippen LogP) is -0.00450. The van der Waals surface area contributed by atoms with E-state index >= 15 is 0 Å². The summed E-state index contributed by atoms with van der Waals surface area (Å²) < 4.78 is 4.52. The van der Waals surface area contributed by atoms with Crippen LogP contribution in [0.4, 0.5) is 0 Å². The number of phenols is 2. The smallest absolute Gasteiger partial charge is 0.337 e. The highest BCUT2D eigenvalue weighted by atomic mass is 16.5. The van der Waals surface area contributed by atoms with Crippen LogP contribution in [-0.4, -0.2) is 27.9 Å². The second-order valence-corrected chi connectivity index (χ2v) is 2.32. The first-order valence-corrected chi connectivity index (χ1v) is 3.46. The molecule has 1 aromatic carbocycles. The van der Waals surface area contributed by atoms with Gasteiger partial charge >= 0.3 is 5.97 Å². The van der Waals surface area contributed by atoms with E-state index in [1.807, 2.05) is 0 Å². The summed E-state index contributed by atoms with van der Waals surface area (Å²) in [6.45, 7) is -0.754. The number of ether oxygens (including phenoxy) is 1. The molecule has 0 fully saturated rings. The van der Waals surface area contributed by atoms with E-state index in [2.05, 4.69) is 4.74 Å². The lowest BCUT2D eigenvalue weighted by Gasteiger charge is -2.02. The third-order valence-electron chi connectivity index (χ3n) is 1.24. The lowest BCUT2D eigenvalue weighted by atomic mass is 10.3. The zero-order valence-corrected chi connectivity index (χ0v) is 6.60. The van der Waals surface area contributed by atoms with Crippen LogP contribution in [0.5, 0.6) is 17.2 Å². The second kappa shape index (κ2) is 3.77. The van der Waals surface area contributed by atoms with E-state index in [1.165, 1.54) is 0 Å². The number of carbonyl (C=O) groups excluding carboxylic acids is 1. The summed E-state index contributed by atoms with van der Waals surface area (Å²) in [6.07, 6.45) is 0. The van der Waals surface area contributed by atoms with Crippen molar-refractivity contribution < 1.29 is 24.9 Å². The topological polar surface area (TPSA) is 87.0 Å². The van der Waals surface area contributed by atoms with Crippen molar-refractivity contribution >= 4 is 5.97 Å². The van der Waals surface area contributed by atoms with Gasteiger partial charge in [-0.15, -0.1) is 0 Å². The van der Waals surface area contributed by atoms with E-state index in [1.54, 1.807) is 0 Å². The molecule has 70 valence electrons. The minimum absolute atomic E-state index is 0.0171. The molecule has 5 heteroatoms. The van der Waals surface area contributed by atoms with E-state index < -0.39 is 12.6 Å². The molecule has 3 N–H and O–H groups in total. The Morgan fingerprint density at radius 2 is 1.77 bits per heavy atom. The molecule has 0 aromatic heterocycles. The van der Waals surface area contributed by atoms with Crippen LogP contribution >= 0.6 is 0 Å². The highest BCUT2D eigenvalue weighted by Crippen LogP contribution is 2.25. The molecule has 0 heterocycles. The van der Waals surface area contributed by atoms with Crippen LogP contribution in [0.3, 0.4) is 0 Å². The van der Waals surface area contributed by atoms with Crippen molar-refractivity contribution in [2.75, 3.05) is 6.61 Å². The maximum Gasteiger partial charge on any atom is 0.337 e. The van der Waals surface area contributed by atoms with E-state index in [4.69, 9.17) is 15.3 Å². The summed E-state index contributed by atoms with van der Waals surface area (Å²) in [7, 11) is 0. The summed E-state index contributed by atoms with van der Waals surface area (Å²) in [5.74, 6) is -1.32. The van der Waals surface area contributed by atoms with Crippen LogP contribution in [0.1, 0.15) is 0 Å².